The maximum atomic E-state index is 12.5. The van der Waals surface area contributed by atoms with Gasteiger partial charge in [-0.05, 0) is 25.5 Å². The van der Waals surface area contributed by atoms with Crippen LogP contribution in [-0.2, 0) is 6.18 Å². The second kappa shape index (κ2) is 5.54. The SMILES string of the molecule is C=CCC(C)Nc1nc(C(F)(F)F)ccc1C#N. The second-order valence-corrected chi connectivity index (χ2v) is 3.77. The smallest absolute Gasteiger partial charge is 0.366 e. The predicted octanol–water partition coefficient (Wildman–Crippen LogP) is 3.35. The minimum atomic E-state index is -4.52. The second-order valence-electron chi connectivity index (χ2n) is 3.77. The maximum absolute atomic E-state index is 12.5. The summed E-state index contributed by atoms with van der Waals surface area (Å²) < 4.78 is 37.5. The van der Waals surface area contributed by atoms with E-state index < -0.39 is 11.9 Å². The van der Waals surface area contributed by atoms with Crippen LogP contribution in [0, 0.1) is 11.3 Å². The highest BCUT2D eigenvalue weighted by molar-refractivity contribution is 5.53. The number of pyridine rings is 1. The Hall–Kier alpha value is -2.03. The summed E-state index contributed by atoms with van der Waals surface area (Å²) in [6, 6.07) is 3.56. The van der Waals surface area contributed by atoms with E-state index in [1.807, 2.05) is 0 Å². The minimum Gasteiger partial charge on any atom is -0.366 e. The largest absolute Gasteiger partial charge is 0.433 e. The molecule has 0 radical (unpaired) electrons. The Balaban J connectivity index is 3.07. The van der Waals surface area contributed by atoms with Crippen LogP contribution >= 0.6 is 0 Å². The van der Waals surface area contributed by atoms with Crippen molar-refractivity contribution < 1.29 is 13.2 Å². The van der Waals surface area contributed by atoms with E-state index in [4.69, 9.17) is 5.26 Å². The molecule has 1 atom stereocenters. The third-order valence-corrected chi connectivity index (χ3v) is 2.21. The van der Waals surface area contributed by atoms with Gasteiger partial charge in [-0.2, -0.15) is 18.4 Å². The van der Waals surface area contributed by atoms with Crippen molar-refractivity contribution in [3.8, 4) is 6.07 Å². The molecule has 96 valence electrons. The van der Waals surface area contributed by atoms with E-state index in [-0.39, 0.29) is 17.4 Å². The van der Waals surface area contributed by atoms with Crippen LogP contribution in [0.1, 0.15) is 24.6 Å². The average Bonchev–Trinajstić information content (AvgIpc) is 2.28. The lowest BCUT2D eigenvalue weighted by molar-refractivity contribution is -0.141. The lowest BCUT2D eigenvalue weighted by atomic mass is 10.2. The first-order valence-corrected chi connectivity index (χ1v) is 5.24. The van der Waals surface area contributed by atoms with E-state index in [1.54, 1.807) is 19.1 Å². The Bertz CT molecular complexity index is 474. The highest BCUT2D eigenvalue weighted by Gasteiger charge is 2.33. The highest BCUT2D eigenvalue weighted by Crippen LogP contribution is 2.29. The van der Waals surface area contributed by atoms with Crippen molar-refractivity contribution in [2.45, 2.75) is 25.6 Å². The van der Waals surface area contributed by atoms with Crippen LogP contribution in [0.4, 0.5) is 19.0 Å². The number of aromatic nitrogens is 1. The summed E-state index contributed by atoms with van der Waals surface area (Å²) in [5.41, 5.74) is -0.936. The zero-order chi connectivity index (χ0) is 13.8. The maximum Gasteiger partial charge on any atom is 0.433 e. The molecule has 0 aromatic carbocycles. The molecule has 0 spiro atoms. The first-order valence-electron chi connectivity index (χ1n) is 5.24. The molecule has 1 N–H and O–H groups in total. The van der Waals surface area contributed by atoms with Gasteiger partial charge in [-0.15, -0.1) is 6.58 Å². The van der Waals surface area contributed by atoms with Crippen LogP contribution in [0.15, 0.2) is 24.8 Å². The predicted molar refractivity (Wildman–Crippen MR) is 61.9 cm³/mol. The van der Waals surface area contributed by atoms with Gasteiger partial charge in [0.05, 0.1) is 5.56 Å². The molecule has 0 aliphatic carbocycles. The highest BCUT2D eigenvalue weighted by atomic mass is 19.4. The van der Waals surface area contributed by atoms with Crippen molar-refractivity contribution >= 4 is 5.82 Å². The van der Waals surface area contributed by atoms with E-state index in [1.165, 1.54) is 0 Å². The number of nitrogens with one attached hydrogen (secondary N) is 1. The molecule has 0 amide bonds. The van der Waals surface area contributed by atoms with Crippen molar-refractivity contribution in [1.29, 1.82) is 5.26 Å². The van der Waals surface area contributed by atoms with Crippen molar-refractivity contribution in [3.05, 3.63) is 36.0 Å². The lowest BCUT2D eigenvalue weighted by Crippen LogP contribution is -2.18. The topological polar surface area (TPSA) is 48.7 Å². The van der Waals surface area contributed by atoms with E-state index in [0.29, 0.717) is 6.42 Å². The van der Waals surface area contributed by atoms with Gasteiger partial charge < -0.3 is 5.32 Å². The molecule has 1 rings (SSSR count). The van der Waals surface area contributed by atoms with Crippen LogP contribution in [0.5, 0.6) is 0 Å². The molecule has 0 aliphatic rings. The number of hydrogen-bond donors (Lipinski definition) is 1. The quantitative estimate of drug-likeness (QED) is 0.839. The summed E-state index contributed by atoms with van der Waals surface area (Å²) in [5, 5.41) is 11.6. The Labute approximate surface area is 103 Å². The van der Waals surface area contributed by atoms with Gasteiger partial charge in [-0.1, -0.05) is 6.08 Å². The van der Waals surface area contributed by atoms with Gasteiger partial charge in [0.25, 0.3) is 0 Å². The Morgan fingerprint density at radius 1 is 1.56 bits per heavy atom. The fourth-order valence-electron chi connectivity index (χ4n) is 1.36. The fraction of sp³-hybridized carbons (Fsp3) is 0.333. The molecule has 0 saturated heterocycles. The van der Waals surface area contributed by atoms with Crippen molar-refractivity contribution in [2.24, 2.45) is 0 Å². The summed E-state index contributed by atoms with van der Waals surface area (Å²) in [5.74, 6) is -0.0540. The van der Waals surface area contributed by atoms with Crippen LogP contribution in [0.25, 0.3) is 0 Å². The van der Waals surface area contributed by atoms with E-state index in [9.17, 15) is 13.2 Å². The fourth-order valence-corrected chi connectivity index (χ4v) is 1.36. The molecular weight excluding hydrogens is 243 g/mol. The van der Waals surface area contributed by atoms with Crippen molar-refractivity contribution in [3.63, 3.8) is 0 Å². The number of rotatable bonds is 4. The molecular formula is C12H12F3N3. The summed E-state index contributed by atoms with van der Waals surface area (Å²) in [4.78, 5) is 3.44. The Kier molecular flexibility index (Phi) is 4.32. The molecule has 1 aromatic rings. The van der Waals surface area contributed by atoms with Crippen molar-refractivity contribution in [1.82, 2.24) is 4.98 Å². The molecule has 1 unspecified atom stereocenters. The zero-order valence-electron chi connectivity index (χ0n) is 9.75. The van der Waals surface area contributed by atoms with Gasteiger partial charge in [0.15, 0.2) is 0 Å². The molecule has 1 aromatic heterocycles. The number of anilines is 1. The molecule has 6 heteroatoms. The third kappa shape index (κ3) is 3.48. The standard InChI is InChI=1S/C12H12F3N3/c1-3-4-8(2)17-11-9(7-16)5-6-10(18-11)12(13,14)15/h3,5-6,8H,1,4H2,2H3,(H,17,18). The molecule has 1 heterocycles. The molecule has 0 fully saturated rings. The number of halogens is 3. The van der Waals surface area contributed by atoms with Gasteiger partial charge >= 0.3 is 6.18 Å². The van der Waals surface area contributed by atoms with Gasteiger partial charge in [0.2, 0.25) is 0 Å². The van der Waals surface area contributed by atoms with Gasteiger partial charge in [-0.3, -0.25) is 0 Å². The number of hydrogen-bond acceptors (Lipinski definition) is 3. The summed E-state index contributed by atoms with van der Waals surface area (Å²) in [6.45, 7) is 5.30. The zero-order valence-corrected chi connectivity index (χ0v) is 9.75. The summed E-state index contributed by atoms with van der Waals surface area (Å²) >= 11 is 0. The monoisotopic (exact) mass is 255 g/mol. The number of nitriles is 1. The van der Waals surface area contributed by atoms with Gasteiger partial charge in [0, 0.05) is 6.04 Å². The first-order chi connectivity index (χ1) is 8.38. The van der Waals surface area contributed by atoms with E-state index in [2.05, 4.69) is 16.9 Å². The van der Waals surface area contributed by atoms with Crippen LogP contribution in [0.3, 0.4) is 0 Å². The van der Waals surface area contributed by atoms with Crippen LogP contribution < -0.4 is 5.32 Å². The summed E-state index contributed by atoms with van der Waals surface area (Å²) in [7, 11) is 0. The van der Waals surface area contributed by atoms with Gasteiger partial charge in [0.1, 0.15) is 17.6 Å². The Morgan fingerprint density at radius 2 is 2.22 bits per heavy atom. The first kappa shape index (κ1) is 14.0. The molecule has 3 nitrogen and oxygen atoms in total. The molecule has 0 aliphatic heterocycles. The Morgan fingerprint density at radius 3 is 2.72 bits per heavy atom. The van der Waals surface area contributed by atoms with Crippen LogP contribution in [0.2, 0.25) is 0 Å². The normalized spacial score (nSPS) is 12.6. The summed E-state index contributed by atoms with van der Waals surface area (Å²) in [6.07, 6.45) is -2.33. The molecule has 0 bridgehead atoms. The average molecular weight is 255 g/mol. The van der Waals surface area contributed by atoms with Crippen molar-refractivity contribution in [2.75, 3.05) is 5.32 Å². The van der Waals surface area contributed by atoms with E-state index >= 15 is 0 Å². The molecule has 0 saturated carbocycles. The number of alkyl halides is 3. The van der Waals surface area contributed by atoms with Crippen LogP contribution in [-0.4, -0.2) is 11.0 Å². The number of nitrogens with zero attached hydrogens (tertiary/aromatic N) is 2. The molecule has 18 heavy (non-hydrogen) atoms. The van der Waals surface area contributed by atoms with Gasteiger partial charge in [-0.25, -0.2) is 4.98 Å². The van der Waals surface area contributed by atoms with E-state index in [0.717, 1.165) is 12.1 Å². The minimum absolute atomic E-state index is 0.0540. The third-order valence-electron chi connectivity index (χ3n) is 2.21. The lowest BCUT2D eigenvalue weighted by Gasteiger charge is -2.15.